The summed E-state index contributed by atoms with van der Waals surface area (Å²) in [6, 6.07) is 14.3. The fraction of sp³-hybridized carbons (Fsp3) is 0.471. The average molecular weight is 587 g/mol. The molecule has 5 rings (SSSR count). The number of hydrogen-bond donors (Lipinski definition) is 1. The Balaban J connectivity index is 1.21. The second-order valence-electron chi connectivity index (χ2n) is 12.0. The third-order valence-corrected chi connectivity index (χ3v) is 9.03. The van der Waals surface area contributed by atoms with Crippen molar-refractivity contribution in [2.45, 2.75) is 70.8 Å². The molecule has 1 aliphatic carbocycles. The molecule has 1 N–H and O–H groups in total. The summed E-state index contributed by atoms with van der Waals surface area (Å²) >= 11 is 0. The number of pyridine rings is 1. The van der Waals surface area contributed by atoms with Gasteiger partial charge < -0.3 is 19.4 Å². The van der Waals surface area contributed by atoms with Crippen LogP contribution in [-0.2, 0) is 9.53 Å². The van der Waals surface area contributed by atoms with E-state index in [-0.39, 0.29) is 23.3 Å². The smallest absolute Gasteiger partial charge is 0.339 e. The Bertz CT molecular complexity index is 1370. The van der Waals surface area contributed by atoms with E-state index in [2.05, 4.69) is 15.2 Å². The quantitative estimate of drug-likeness (QED) is 0.280. The van der Waals surface area contributed by atoms with Gasteiger partial charge in [-0.05, 0) is 86.9 Å². The van der Waals surface area contributed by atoms with Gasteiger partial charge in [0.15, 0.2) is 5.76 Å². The molecule has 2 aromatic heterocycles. The number of nitrogens with zero attached hydrogens (tertiary/aromatic N) is 3. The number of anilines is 2. The Hall–Kier alpha value is -3.98. The van der Waals surface area contributed by atoms with Gasteiger partial charge in [0, 0.05) is 31.7 Å². The van der Waals surface area contributed by atoms with E-state index in [0.29, 0.717) is 29.2 Å². The van der Waals surface area contributed by atoms with E-state index in [9.17, 15) is 14.4 Å². The van der Waals surface area contributed by atoms with Crippen LogP contribution in [0.15, 0.2) is 65.4 Å². The summed E-state index contributed by atoms with van der Waals surface area (Å²) in [6.45, 7) is 4.63. The first-order chi connectivity index (χ1) is 20.9. The minimum atomic E-state index is -0.464. The Morgan fingerprint density at radius 2 is 1.81 bits per heavy atom. The van der Waals surface area contributed by atoms with Crippen molar-refractivity contribution in [1.29, 1.82) is 0 Å². The number of aromatic nitrogens is 1. The maximum Gasteiger partial charge on any atom is 0.339 e. The number of hydrogen-bond acceptors (Lipinski definition) is 7. The van der Waals surface area contributed by atoms with Crippen molar-refractivity contribution in [3.05, 3.63) is 77.9 Å². The predicted molar refractivity (Wildman–Crippen MR) is 165 cm³/mol. The SMILES string of the molecule is COC(=O)c1ccccc1NC(=O)CC1(CCN2CCC(N(C(=O)c3ccco3)c3ccc(C)cn3)CC2)CCCCC1. The Morgan fingerprint density at radius 1 is 1.05 bits per heavy atom. The van der Waals surface area contributed by atoms with Gasteiger partial charge >= 0.3 is 5.97 Å². The first kappa shape index (κ1) is 30.5. The van der Waals surface area contributed by atoms with Crippen LogP contribution in [0.5, 0.6) is 0 Å². The van der Waals surface area contributed by atoms with Crippen molar-refractivity contribution < 1.29 is 23.5 Å². The van der Waals surface area contributed by atoms with E-state index in [0.717, 1.165) is 70.1 Å². The maximum absolute atomic E-state index is 13.5. The molecule has 228 valence electrons. The van der Waals surface area contributed by atoms with Crippen LogP contribution in [0.3, 0.4) is 0 Å². The molecule has 3 heterocycles. The maximum atomic E-state index is 13.5. The number of ether oxygens (including phenoxy) is 1. The molecule has 1 aromatic carbocycles. The fourth-order valence-corrected chi connectivity index (χ4v) is 6.61. The van der Waals surface area contributed by atoms with Gasteiger partial charge in [-0.2, -0.15) is 0 Å². The molecular formula is C34H42N4O5. The van der Waals surface area contributed by atoms with Crippen LogP contribution in [0.2, 0.25) is 0 Å². The van der Waals surface area contributed by atoms with Crippen molar-refractivity contribution in [1.82, 2.24) is 9.88 Å². The number of para-hydroxylation sites is 1. The Labute approximate surface area is 253 Å². The molecule has 2 aliphatic rings. The van der Waals surface area contributed by atoms with E-state index in [1.165, 1.54) is 19.8 Å². The number of rotatable bonds is 10. The lowest BCUT2D eigenvalue weighted by Gasteiger charge is -2.41. The lowest BCUT2D eigenvalue weighted by molar-refractivity contribution is -0.119. The van der Waals surface area contributed by atoms with Gasteiger partial charge in [-0.15, -0.1) is 0 Å². The largest absolute Gasteiger partial charge is 0.465 e. The normalized spacial score (nSPS) is 17.3. The van der Waals surface area contributed by atoms with E-state index in [1.807, 2.05) is 19.1 Å². The standard InChI is InChI=1S/C34H42N4O5/c1-25-12-13-30(35-24-25)38(32(40)29-11-8-22-43-29)26-14-19-37(20-15-26)21-18-34(16-6-3-7-17-34)23-31(39)36-28-10-5-4-9-27(28)33(41)42-2/h4-5,8-13,22,24,26H,3,6-7,14-21,23H2,1-2H3,(H,36,39). The van der Waals surface area contributed by atoms with Crippen LogP contribution in [0.25, 0.3) is 0 Å². The van der Waals surface area contributed by atoms with E-state index < -0.39 is 5.97 Å². The first-order valence-corrected chi connectivity index (χ1v) is 15.4. The van der Waals surface area contributed by atoms with Gasteiger partial charge in [0.1, 0.15) is 5.82 Å². The summed E-state index contributed by atoms with van der Waals surface area (Å²) in [5.41, 5.74) is 1.83. The second kappa shape index (κ2) is 14.0. The minimum Gasteiger partial charge on any atom is -0.465 e. The molecule has 3 aromatic rings. The van der Waals surface area contributed by atoms with Gasteiger partial charge in [0.05, 0.1) is 24.6 Å². The molecule has 1 saturated heterocycles. The number of furan rings is 1. The molecule has 43 heavy (non-hydrogen) atoms. The predicted octanol–water partition coefficient (Wildman–Crippen LogP) is 6.25. The molecule has 1 aliphatic heterocycles. The third kappa shape index (κ3) is 7.51. The zero-order valence-electron chi connectivity index (χ0n) is 25.2. The number of piperidine rings is 1. The number of aryl methyl sites for hydroxylation is 1. The van der Waals surface area contributed by atoms with E-state index in [4.69, 9.17) is 9.15 Å². The number of esters is 1. The summed E-state index contributed by atoms with van der Waals surface area (Å²) in [6.07, 6.45) is 11.9. The Morgan fingerprint density at radius 3 is 2.49 bits per heavy atom. The molecule has 0 unspecified atom stereocenters. The van der Waals surface area contributed by atoms with Crippen molar-refractivity contribution in [3.8, 4) is 0 Å². The summed E-state index contributed by atoms with van der Waals surface area (Å²) in [5.74, 6) is 0.271. The highest BCUT2D eigenvalue weighted by Gasteiger charge is 2.36. The highest BCUT2D eigenvalue weighted by Crippen LogP contribution is 2.43. The first-order valence-electron chi connectivity index (χ1n) is 15.4. The van der Waals surface area contributed by atoms with Gasteiger partial charge in [0.25, 0.3) is 5.91 Å². The monoisotopic (exact) mass is 586 g/mol. The van der Waals surface area contributed by atoms with E-state index in [1.54, 1.807) is 47.5 Å². The summed E-state index contributed by atoms with van der Waals surface area (Å²) in [4.78, 5) is 47.8. The van der Waals surface area contributed by atoms with Crippen LogP contribution in [0.4, 0.5) is 11.5 Å². The number of carbonyl (C=O) groups excluding carboxylic acids is 3. The van der Waals surface area contributed by atoms with Gasteiger partial charge in [0.2, 0.25) is 5.91 Å². The van der Waals surface area contributed by atoms with Crippen LogP contribution in [0.1, 0.15) is 84.3 Å². The molecule has 0 spiro atoms. The zero-order valence-corrected chi connectivity index (χ0v) is 25.2. The fourth-order valence-electron chi connectivity index (χ4n) is 6.61. The Kier molecular flexibility index (Phi) is 9.92. The van der Waals surface area contributed by atoms with Crippen LogP contribution in [-0.4, -0.2) is 60.5 Å². The summed E-state index contributed by atoms with van der Waals surface area (Å²) in [5, 5.41) is 2.99. The number of carbonyl (C=O) groups is 3. The molecule has 9 nitrogen and oxygen atoms in total. The molecule has 0 bridgehead atoms. The molecule has 2 fully saturated rings. The number of likely N-dealkylation sites (tertiary alicyclic amines) is 1. The molecular weight excluding hydrogens is 544 g/mol. The number of amides is 2. The third-order valence-electron chi connectivity index (χ3n) is 9.03. The van der Waals surface area contributed by atoms with Crippen molar-refractivity contribution in [2.75, 3.05) is 37.0 Å². The van der Waals surface area contributed by atoms with Crippen molar-refractivity contribution >= 4 is 29.3 Å². The molecule has 2 amide bonds. The van der Waals surface area contributed by atoms with Crippen molar-refractivity contribution in [3.63, 3.8) is 0 Å². The highest BCUT2D eigenvalue weighted by atomic mass is 16.5. The number of benzene rings is 1. The van der Waals surface area contributed by atoms with Gasteiger partial charge in [-0.25, -0.2) is 9.78 Å². The van der Waals surface area contributed by atoms with Crippen LogP contribution >= 0.6 is 0 Å². The van der Waals surface area contributed by atoms with Gasteiger partial charge in [-0.3, -0.25) is 14.5 Å². The molecule has 0 atom stereocenters. The van der Waals surface area contributed by atoms with Crippen LogP contribution < -0.4 is 10.2 Å². The zero-order chi connectivity index (χ0) is 30.2. The number of methoxy groups -OCH3 is 1. The molecule has 1 saturated carbocycles. The topological polar surface area (TPSA) is 105 Å². The summed E-state index contributed by atoms with van der Waals surface area (Å²) in [7, 11) is 1.34. The summed E-state index contributed by atoms with van der Waals surface area (Å²) < 4.78 is 10.4. The van der Waals surface area contributed by atoms with Crippen molar-refractivity contribution in [2.24, 2.45) is 5.41 Å². The lowest BCUT2D eigenvalue weighted by Crippen LogP contribution is -2.48. The average Bonchev–Trinajstić information content (AvgIpc) is 3.57. The lowest BCUT2D eigenvalue weighted by atomic mass is 9.69. The van der Waals surface area contributed by atoms with E-state index >= 15 is 0 Å². The molecule has 0 radical (unpaired) electrons. The molecule has 9 heteroatoms. The van der Waals surface area contributed by atoms with Crippen LogP contribution in [0, 0.1) is 12.3 Å². The van der Waals surface area contributed by atoms with Gasteiger partial charge in [-0.1, -0.05) is 37.5 Å². The minimum absolute atomic E-state index is 0.0216. The number of nitrogens with one attached hydrogen (secondary N) is 1. The highest BCUT2D eigenvalue weighted by molar-refractivity contribution is 6.04. The second-order valence-corrected chi connectivity index (χ2v) is 12.0.